The number of likely N-dealkylation sites (N-methyl/N-ethyl adjacent to an activating group) is 1. The van der Waals surface area contributed by atoms with Gasteiger partial charge in [0.1, 0.15) is 0 Å². The molecule has 0 aromatic heterocycles. The van der Waals surface area contributed by atoms with Crippen LogP contribution in [-0.4, -0.2) is 74.6 Å². The molecule has 1 saturated carbocycles. The molecule has 4 aliphatic rings. The fourth-order valence-corrected chi connectivity index (χ4v) is 5.89. The fourth-order valence-electron chi connectivity index (χ4n) is 5.89. The van der Waals surface area contributed by atoms with E-state index < -0.39 is 0 Å². The second-order valence-corrected chi connectivity index (χ2v) is 11.4. The highest BCUT2D eigenvalue weighted by Crippen LogP contribution is 2.42. The summed E-state index contributed by atoms with van der Waals surface area (Å²) in [6.07, 6.45) is 3.00. The summed E-state index contributed by atoms with van der Waals surface area (Å²) in [4.78, 5) is 33.4. The Morgan fingerprint density at radius 2 is 1.92 bits per heavy atom. The maximum absolute atomic E-state index is 14.2. The number of aryl methyl sites for hydroxylation is 1. The number of nitrogens with zero attached hydrogens (tertiary/aromatic N) is 3. The molecule has 192 valence electrons. The predicted molar refractivity (Wildman–Crippen MR) is 142 cm³/mol. The maximum atomic E-state index is 14.2. The van der Waals surface area contributed by atoms with Crippen molar-refractivity contribution >= 4 is 23.2 Å². The van der Waals surface area contributed by atoms with Crippen molar-refractivity contribution in [3.63, 3.8) is 0 Å². The zero-order chi connectivity index (χ0) is 24.9. The summed E-state index contributed by atoms with van der Waals surface area (Å²) in [6.45, 7) is 7.81. The SMILES string of the molecule is Cc1cccc(C2CN(C)CCN2C(=O)c2ccc(NC(=O)C3CC3)cc2N2CCC3(COC3)C2)c1.[HH]. The van der Waals surface area contributed by atoms with Gasteiger partial charge in [-0.15, -0.1) is 0 Å². The molecule has 3 heterocycles. The van der Waals surface area contributed by atoms with Crippen LogP contribution in [0.5, 0.6) is 0 Å². The number of carbonyl (C=O) groups excluding carboxylic acids is 2. The first kappa shape index (κ1) is 23.5. The van der Waals surface area contributed by atoms with Crippen molar-refractivity contribution in [2.45, 2.75) is 32.2 Å². The van der Waals surface area contributed by atoms with Crippen LogP contribution in [0.1, 0.15) is 48.2 Å². The summed E-state index contributed by atoms with van der Waals surface area (Å²) in [5.74, 6) is 0.289. The Morgan fingerprint density at radius 3 is 2.61 bits per heavy atom. The van der Waals surface area contributed by atoms with E-state index in [0.717, 1.165) is 75.6 Å². The summed E-state index contributed by atoms with van der Waals surface area (Å²) < 4.78 is 5.55. The minimum atomic E-state index is 0. The topological polar surface area (TPSA) is 65.1 Å². The highest BCUT2D eigenvalue weighted by molar-refractivity contribution is 6.02. The molecule has 1 atom stereocenters. The molecule has 1 aliphatic carbocycles. The first-order chi connectivity index (χ1) is 17.4. The van der Waals surface area contributed by atoms with Gasteiger partial charge in [0.05, 0.1) is 30.5 Å². The third-order valence-corrected chi connectivity index (χ3v) is 8.31. The van der Waals surface area contributed by atoms with Crippen molar-refractivity contribution < 1.29 is 15.8 Å². The molecule has 6 rings (SSSR count). The van der Waals surface area contributed by atoms with E-state index in [-0.39, 0.29) is 30.6 Å². The lowest BCUT2D eigenvalue weighted by Crippen LogP contribution is -2.49. The standard InChI is InChI=1S/C29H36N4O3.H2/c1-20-4-3-5-22(14-20)26-16-31(2)12-13-33(26)28(35)24-9-8-23(30-27(34)21-6-7-21)15-25(24)32-11-10-29(17-32)18-36-19-29;/h3-5,8-9,14-15,21,26H,6-7,10-13,16-19H2,1-2H3,(H,30,34);1H. The van der Waals surface area contributed by atoms with Crippen LogP contribution >= 0.6 is 0 Å². The lowest BCUT2D eigenvalue weighted by atomic mass is 9.85. The van der Waals surface area contributed by atoms with Crippen LogP contribution in [0.15, 0.2) is 42.5 Å². The van der Waals surface area contributed by atoms with Gasteiger partial charge >= 0.3 is 0 Å². The van der Waals surface area contributed by atoms with E-state index >= 15 is 0 Å². The van der Waals surface area contributed by atoms with Crippen molar-refractivity contribution in [2.24, 2.45) is 11.3 Å². The van der Waals surface area contributed by atoms with Gasteiger partial charge in [0.2, 0.25) is 5.91 Å². The average molecular weight is 491 g/mol. The summed E-state index contributed by atoms with van der Waals surface area (Å²) >= 11 is 0. The van der Waals surface area contributed by atoms with Gasteiger partial charge in [-0.05, 0) is 57.0 Å². The van der Waals surface area contributed by atoms with E-state index in [1.807, 2.05) is 23.1 Å². The Bertz CT molecular complexity index is 1180. The molecule has 4 fully saturated rings. The number of amides is 2. The van der Waals surface area contributed by atoms with E-state index in [2.05, 4.69) is 53.4 Å². The van der Waals surface area contributed by atoms with Crippen LogP contribution in [0.4, 0.5) is 11.4 Å². The third kappa shape index (κ3) is 4.50. The lowest BCUT2D eigenvalue weighted by molar-refractivity contribution is -0.117. The van der Waals surface area contributed by atoms with Gasteiger partial charge in [-0.25, -0.2) is 0 Å². The van der Waals surface area contributed by atoms with Crippen LogP contribution in [0.25, 0.3) is 0 Å². The largest absolute Gasteiger partial charge is 0.380 e. The Hall–Kier alpha value is -2.90. The fraction of sp³-hybridized carbons (Fsp3) is 0.517. The van der Waals surface area contributed by atoms with Gasteiger partial charge in [-0.3, -0.25) is 9.59 Å². The van der Waals surface area contributed by atoms with Gasteiger partial charge in [0.25, 0.3) is 5.91 Å². The molecule has 3 saturated heterocycles. The second-order valence-electron chi connectivity index (χ2n) is 11.4. The molecule has 1 spiro atoms. The molecule has 2 aromatic rings. The van der Waals surface area contributed by atoms with Crippen molar-refractivity contribution in [3.05, 3.63) is 59.2 Å². The van der Waals surface area contributed by atoms with Crippen molar-refractivity contribution in [1.29, 1.82) is 0 Å². The number of ether oxygens (including phenoxy) is 1. The van der Waals surface area contributed by atoms with Crippen LogP contribution in [0.2, 0.25) is 0 Å². The molecule has 2 aromatic carbocycles. The third-order valence-electron chi connectivity index (χ3n) is 8.31. The number of benzene rings is 2. The number of hydrogen-bond donors (Lipinski definition) is 1. The molecule has 3 aliphatic heterocycles. The number of hydrogen-bond acceptors (Lipinski definition) is 5. The molecule has 1 N–H and O–H groups in total. The normalized spacial score (nSPS) is 23.6. The summed E-state index contributed by atoms with van der Waals surface area (Å²) in [5, 5.41) is 3.09. The van der Waals surface area contributed by atoms with Crippen molar-refractivity contribution in [3.8, 4) is 0 Å². The Morgan fingerprint density at radius 1 is 1.08 bits per heavy atom. The average Bonchev–Trinajstić information content (AvgIpc) is 3.60. The Kier molecular flexibility index (Phi) is 6.00. The molecule has 2 amide bonds. The van der Waals surface area contributed by atoms with E-state index in [1.165, 1.54) is 11.1 Å². The van der Waals surface area contributed by atoms with E-state index in [1.54, 1.807) is 0 Å². The minimum absolute atomic E-state index is 0. The first-order valence-corrected chi connectivity index (χ1v) is 13.2. The number of nitrogens with one attached hydrogen (secondary N) is 1. The molecular formula is C29H38N4O3. The Balaban J connectivity index is 0.00000280. The smallest absolute Gasteiger partial charge is 0.256 e. The summed E-state index contributed by atoms with van der Waals surface area (Å²) in [6, 6.07) is 14.4. The monoisotopic (exact) mass is 490 g/mol. The highest BCUT2D eigenvalue weighted by Gasteiger charge is 2.45. The van der Waals surface area contributed by atoms with Crippen LogP contribution in [-0.2, 0) is 9.53 Å². The zero-order valence-electron chi connectivity index (χ0n) is 21.3. The van der Waals surface area contributed by atoms with Crippen LogP contribution in [0.3, 0.4) is 0 Å². The number of piperazine rings is 1. The van der Waals surface area contributed by atoms with E-state index in [4.69, 9.17) is 4.74 Å². The maximum Gasteiger partial charge on any atom is 0.256 e. The quantitative estimate of drug-likeness (QED) is 0.688. The van der Waals surface area contributed by atoms with Gasteiger partial charge in [-0.2, -0.15) is 0 Å². The summed E-state index contributed by atoms with van der Waals surface area (Å²) in [5.41, 5.74) is 5.01. The number of anilines is 2. The molecule has 0 bridgehead atoms. The second kappa shape index (κ2) is 9.20. The molecule has 7 nitrogen and oxygen atoms in total. The van der Waals surface area contributed by atoms with Gasteiger partial charge < -0.3 is 24.8 Å². The van der Waals surface area contributed by atoms with Crippen molar-refractivity contribution in [2.75, 3.05) is 63.2 Å². The Labute approximate surface area is 214 Å². The van der Waals surface area contributed by atoms with Gasteiger partial charge in [0.15, 0.2) is 0 Å². The van der Waals surface area contributed by atoms with Crippen LogP contribution in [0, 0.1) is 18.3 Å². The highest BCUT2D eigenvalue weighted by atomic mass is 16.5. The molecule has 36 heavy (non-hydrogen) atoms. The van der Waals surface area contributed by atoms with Crippen molar-refractivity contribution in [1.82, 2.24) is 9.80 Å². The number of carbonyl (C=O) groups is 2. The van der Waals surface area contributed by atoms with Crippen LogP contribution < -0.4 is 10.2 Å². The summed E-state index contributed by atoms with van der Waals surface area (Å²) in [7, 11) is 2.12. The molecule has 1 unspecified atom stereocenters. The van der Waals surface area contributed by atoms with E-state index in [0.29, 0.717) is 6.54 Å². The molecule has 0 radical (unpaired) electrons. The lowest BCUT2D eigenvalue weighted by Gasteiger charge is -2.41. The molecule has 7 heteroatoms. The minimum Gasteiger partial charge on any atom is -0.380 e. The van der Waals surface area contributed by atoms with E-state index in [9.17, 15) is 9.59 Å². The molecular weight excluding hydrogens is 452 g/mol. The zero-order valence-corrected chi connectivity index (χ0v) is 21.3. The predicted octanol–water partition coefficient (Wildman–Crippen LogP) is 3.95. The van der Waals surface area contributed by atoms with Gasteiger partial charge in [0, 0.05) is 51.2 Å². The first-order valence-electron chi connectivity index (χ1n) is 13.2. The number of rotatable bonds is 5. The van der Waals surface area contributed by atoms with Gasteiger partial charge in [-0.1, -0.05) is 29.8 Å².